The molecule has 0 fully saturated rings. The zero-order valence-corrected chi connectivity index (χ0v) is 26.5. The summed E-state index contributed by atoms with van der Waals surface area (Å²) in [5, 5.41) is 37.4. The largest absolute Gasteiger partial charge is 0.505 e. The van der Waals surface area contributed by atoms with Gasteiger partial charge in [0.1, 0.15) is 11.3 Å². The Hall–Kier alpha value is -5.04. The maximum Gasteiger partial charge on any atom is 0.356 e. The fourth-order valence-electron chi connectivity index (χ4n) is 4.60. The number of nitrogen functional groups attached to an aromatic ring is 1. The Morgan fingerprint density at radius 3 is 1.93 bits per heavy atom. The van der Waals surface area contributed by atoms with Gasteiger partial charge >= 0.3 is 11.9 Å². The van der Waals surface area contributed by atoms with E-state index in [1.54, 1.807) is 48.9 Å². The van der Waals surface area contributed by atoms with Gasteiger partial charge in [0.25, 0.3) is 0 Å². The van der Waals surface area contributed by atoms with Crippen molar-refractivity contribution in [3.63, 3.8) is 0 Å². The number of phenolic OH excluding ortho intramolecular Hbond substituents is 1. The molecular weight excluding hydrogens is 659 g/mol. The molecule has 15 heteroatoms. The van der Waals surface area contributed by atoms with Gasteiger partial charge in [-0.3, -0.25) is 9.36 Å². The van der Waals surface area contributed by atoms with Gasteiger partial charge in [-0.05, 0) is 68.4 Å². The van der Waals surface area contributed by atoms with Gasteiger partial charge in [-0.15, -0.1) is 0 Å². The Morgan fingerprint density at radius 1 is 0.804 bits per heavy atom. The number of benzene rings is 3. The predicted molar refractivity (Wildman–Crippen MR) is 173 cm³/mol. The molecule has 3 aromatic heterocycles. The van der Waals surface area contributed by atoms with E-state index < -0.39 is 11.9 Å². The first-order chi connectivity index (χ1) is 21.8. The van der Waals surface area contributed by atoms with E-state index in [2.05, 4.69) is 15.2 Å². The van der Waals surface area contributed by atoms with E-state index >= 15 is 0 Å². The number of fused-ring (bicyclic) bond motifs is 1. The molecule has 5 N–H and O–H groups in total. The maximum atomic E-state index is 11.1. The van der Waals surface area contributed by atoms with Crippen LogP contribution >= 0.6 is 34.8 Å². The summed E-state index contributed by atoms with van der Waals surface area (Å²) in [6, 6.07) is 16.7. The minimum Gasteiger partial charge on any atom is -0.505 e. The standard InChI is InChI=1S/C19H13Cl2N3O3.C12H12ClN3O3/c1-10-5-16(19(25)26)23-24(10)9-12-7-14(21)8-15-17(12)27-18(22-15)11-3-2-4-13(20)6-11;1-6-2-10(12(18)19)15-16(6)5-7-3-8(13)4-9(14)11(7)17/h2-8H,9H2,1H3,(H,25,26);2-4,17H,5,14H2,1H3,(H,18,19). The minimum absolute atomic E-state index is 0.0111. The molecule has 0 aliphatic carbocycles. The highest BCUT2D eigenvalue weighted by atomic mass is 35.5. The van der Waals surface area contributed by atoms with Crippen LogP contribution in [0.1, 0.15) is 43.5 Å². The summed E-state index contributed by atoms with van der Waals surface area (Å²) in [7, 11) is 0. The number of aromatic hydroxyl groups is 1. The van der Waals surface area contributed by atoms with Crippen molar-refractivity contribution in [2.45, 2.75) is 26.9 Å². The fraction of sp³-hybridized carbons (Fsp3) is 0.129. The van der Waals surface area contributed by atoms with Crippen LogP contribution in [0.3, 0.4) is 0 Å². The summed E-state index contributed by atoms with van der Waals surface area (Å²) in [5.74, 6) is -1.82. The highest BCUT2D eigenvalue weighted by molar-refractivity contribution is 6.31. The van der Waals surface area contributed by atoms with Crippen molar-refractivity contribution >= 4 is 63.5 Å². The van der Waals surface area contributed by atoms with Crippen molar-refractivity contribution < 1.29 is 29.3 Å². The summed E-state index contributed by atoms with van der Waals surface area (Å²) in [5.41, 5.74) is 10.3. The van der Waals surface area contributed by atoms with Gasteiger partial charge in [-0.2, -0.15) is 10.2 Å². The smallest absolute Gasteiger partial charge is 0.356 e. The second-order valence-electron chi connectivity index (χ2n) is 10.2. The Bertz CT molecular complexity index is 2120. The van der Waals surface area contributed by atoms with Gasteiger partial charge in [0.2, 0.25) is 5.89 Å². The number of nitrogens with two attached hydrogens (primary N) is 1. The Balaban J connectivity index is 0.000000193. The van der Waals surface area contributed by atoms with E-state index in [0.717, 1.165) is 16.8 Å². The van der Waals surface area contributed by atoms with Crippen LogP contribution in [-0.2, 0) is 13.1 Å². The van der Waals surface area contributed by atoms with Crippen LogP contribution < -0.4 is 5.73 Å². The number of aryl methyl sites for hydroxylation is 2. The highest BCUT2D eigenvalue weighted by Crippen LogP contribution is 2.32. The van der Waals surface area contributed by atoms with Crippen molar-refractivity contribution in [2.24, 2.45) is 0 Å². The molecule has 0 aliphatic heterocycles. The van der Waals surface area contributed by atoms with E-state index in [1.807, 2.05) is 12.1 Å². The summed E-state index contributed by atoms with van der Waals surface area (Å²) in [4.78, 5) is 26.5. The van der Waals surface area contributed by atoms with Crippen LogP contribution in [-0.4, -0.2) is 51.8 Å². The summed E-state index contributed by atoms with van der Waals surface area (Å²) < 4.78 is 9.04. The van der Waals surface area contributed by atoms with Crippen molar-refractivity contribution in [1.82, 2.24) is 24.5 Å². The summed E-state index contributed by atoms with van der Waals surface area (Å²) >= 11 is 18.2. The molecule has 0 aliphatic rings. The van der Waals surface area contributed by atoms with Crippen LogP contribution in [0.5, 0.6) is 5.75 Å². The summed E-state index contributed by atoms with van der Waals surface area (Å²) in [6.07, 6.45) is 0. The third kappa shape index (κ3) is 7.09. The number of phenols is 1. The number of halogens is 3. The van der Waals surface area contributed by atoms with Gasteiger partial charge in [-0.25, -0.2) is 14.6 Å². The molecule has 0 bridgehead atoms. The predicted octanol–water partition coefficient (Wildman–Crippen LogP) is 6.93. The number of anilines is 1. The molecule has 12 nitrogen and oxygen atoms in total. The summed E-state index contributed by atoms with van der Waals surface area (Å²) in [6.45, 7) is 4.01. The van der Waals surface area contributed by atoms with Gasteiger partial charge in [-0.1, -0.05) is 40.9 Å². The molecule has 6 aromatic rings. The molecular formula is C31H25Cl3N6O6. The number of rotatable bonds is 7. The van der Waals surface area contributed by atoms with E-state index in [4.69, 9.17) is 55.2 Å². The van der Waals surface area contributed by atoms with Crippen molar-refractivity contribution in [1.29, 1.82) is 0 Å². The second kappa shape index (κ2) is 13.1. The third-order valence-corrected chi connectivity index (χ3v) is 7.50. The molecule has 0 saturated carbocycles. The number of hydrogen-bond donors (Lipinski definition) is 4. The third-order valence-electron chi connectivity index (χ3n) is 6.83. The lowest BCUT2D eigenvalue weighted by atomic mass is 10.1. The number of nitrogens with zero attached hydrogens (tertiary/aromatic N) is 5. The molecule has 236 valence electrons. The molecule has 3 heterocycles. The lowest BCUT2D eigenvalue weighted by molar-refractivity contribution is 0.0679. The topological polar surface area (TPSA) is 183 Å². The molecule has 0 amide bonds. The van der Waals surface area contributed by atoms with Gasteiger partial charge in [0.05, 0.1) is 18.8 Å². The van der Waals surface area contributed by atoms with Crippen LogP contribution in [0.2, 0.25) is 15.1 Å². The molecule has 6 rings (SSSR count). The highest BCUT2D eigenvalue weighted by Gasteiger charge is 2.17. The Morgan fingerprint density at radius 2 is 1.37 bits per heavy atom. The maximum absolute atomic E-state index is 11.1. The molecule has 0 unspecified atom stereocenters. The minimum atomic E-state index is -1.10. The number of aromatic nitrogens is 5. The zero-order chi connectivity index (χ0) is 33.3. The normalized spacial score (nSPS) is 11.0. The quantitative estimate of drug-likeness (QED) is 0.102. The lowest BCUT2D eigenvalue weighted by Gasteiger charge is -2.09. The molecule has 46 heavy (non-hydrogen) atoms. The first-order valence-corrected chi connectivity index (χ1v) is 14.6. The average Bonchev–Trinajstić information content (AvgIpc) is 3.69. The molecule has 3 aromatic carbocycles. The lowest BCUT2D eigenvalue weighted by Crippen LogP contribution is -2.06. The zero-order valence-electron chi connectivity index (χ0n) is 24.2. The van der Waals surface area contributed by atoms with Crippen LogP contribution in [0.25, 0.3) is 22.6 Å². The number of hydrogen-bond acceptors (Lipinski definition) is 8. The van der Waals surface area contributed by atoms with E-state index in [-0.39, 0.29) is 29.4 Å². The Labute approximate surface area is 276 Å². The van der Waals surface area contributed by atoms with Crippen LogP contribution in [0.4, 0.5) is 5.69 Å². The van der Waals surface area contributed by atoms with Crippen LogP contribution in [0, 0.1) is 13.8 Å². The SMILES string of the molecule is Cc1cc(C(=O)O)nn1Cc1cc(Cl)cc(N)c1O.Cc1cc(C(=O)O)nn1Cc1cc(Cl)cc2nc(-c3cccc(Cl)c3)oc12. The fourth-order valence-corrected chi connectivity index (χ4v) is 5.27. The van der Waals surface area contributed by atoms with Crippen molar-refractivity contribution in [2.75, 3.05) is 5.73 Å². The number of carboxylic acid groups (broad SMARTS) is 2. The number of oxazole rings is 1. The van der Waals surface area contributed by atoms with Gasteiger partial charge < -0.3 is 25.5 Å². The van der Waals surface area contributed by atoms with E-state index in [0.29, 0.717) is 49.9 Å². The van der Waals surface area contributed by atoms with E-state index in [9.17, 15) is 14.7 Å². The number of carboxylic acids is 2. The molecule has 0 spiro atoms. The average molecular weight is 684 g/mol. The molecule has 0 radical (unpaired) electrons. The first kappa shape index (κ1) is 32.4. The van der Waals surface area contributed by atoms with E-state index in [1.165, 1.54) is 22.9 Å². The number of aromatic carboxylic acids is 2. The van der Waals surface area contributed by atoms with Crippen LogP contribution in [0.15, 0.2) is 65.1 Å². The van der Waals surface area contributed by atoms with Gasteiger partial charge in [0.15, 0.2) is 17.0 Å². The van der Waals surface area contributed by atoms with Crippen molar-refractivity contribution in [3.05, 3.63) is 110 Å². The Kier molecular flexibility index (Phi) is 9.24. The van der Waals surface area contributed by atoms with Gasteiger partial charge in [0, 0.05) is 43.1 Å². The number of carbonyl (C=O) groups is 2. The molecule has 0 atom stereocenters. The first-order valence-electron chi connectivity index (χ1n) is 13.5. The molecule has 0 saturated heterocycles. The monoisotopic (exact) mass is 682 g/mol. The van der Waals surface area contributed by atoms with Crippen molar-refractivity contribution in [3.8, 4) is 17.2 Å². The second-order valence-corrected chi connectivity index (χ2v) is 11.5.